The van der Waals surface area contributed by atoms with Crippen molar-refractivity contribution in [2.24, 2.45) is 5.92 Å². The SMILES string of the molecule is CCCc1nc2cc(N(Cc3ccc(F)cc3)C(=O)C3CC3)ccc2n1CC(=O)OC(C)(C)C. The Kier molecular flexibility index (Phi) is 6.73. The number of carbonyl (C=O) groups is 2. The van der Waals surface area contributed by atoms with E-state index in [1.54, 1.807) is 17.0 Å². The summed E-state index contributed by atoms with van der Waals surface area (Å²) in [5.74, 6) is 0.320. The number of amides is 1. The number of imidazole rings is 1. The molecule has 4 rings (SSSR count). The Balaban J connectivity index is 1.68. The second-order valence-electron chi connectivity index (χ2n) is 9.95. The first-order valence-electron chi connectivity index (χ1n) is 11.9. The van der Waals surface area contributed by atoms with Gasteiger partial charge in [-0.05, 0) is 75.9 Å². The van der Waals surface area contributed by atoms with Gasteiger partial charge in [-0.2, -0.15) is 0 Å². The third kappa shape index (κ3) is 5.64. The van der Waals surface area contributed by atoms with Crippen LogP contribution < -0.4 is 4.90 Å². The number of hydrogen-bond donors (Lipinski definition) is 0. The minimum absolute atomic E-state index is 0.0384. The highest BCUT2D eigenvalue weighted by Crippen LogP contribution is 2.34. The van der Waals surface area contributed by atoms with E-state index in [9.17, 15) is 14.0 Å². The number of aryl methyl sites for hydroxylation is 1. The maximum Gasteiger partial charge on any atom is 0.326 e. The molecule has 1 aliphatic rings. The summed E-state index contributed by atoms with van der Waals surface area (Å²) < 4.78 is 20.8. The van der Waals surface area contributed by atoms with Crippen LogP contribution in [-0.4, -0.2) is 27.0 Å². The van der Waals surface area contributed by atoms with E-state index < -0.39 is 5.60 Å². The largest absolute Gasteiger partial charge is 0.459 e. The number of rotatable bonds is 8. The highest BCUT2D eigenvalue weighted by atomic mass is 19.1. The zero-order valence-corrected chi connectivity index (χ0v) is 20.3. The standard InChI is InChI=1S/C27H32FN3O3/c1-5-6-24-29-22-15-21(13-14-23(22)31(24)17-25(32)34-27(2,3)4)30(26(33)19-9-10-19)16-18-7-11-20(28)12-8-18/h7-8,11-15,19H,5-6,9-10,16-17H2,1-4H3. The van der Waals surface area contributed by atoms with Crippen LogP contribution in [-0.2, 0) is 33.8 Å². The Labute approximate surface area is 199 Å². The van der Waals surface area contributed by atoms with Gasteiger partial charge >= 0.3 is 5.97 Å². The maximum absolute atomic E-state index is 13.4. The number of benzene rings is 2. The Hall–Kier alpha value is -3.22. The van der Waals surface area contributed by atoms with E-state index in [0.717, 1.165) is 53.8 Å². The summed E-state index contributed by atoms with van der Waals surface area (Å²) in [5, 5.41) is 0. The molecule has 6 nitrogen and oxygen atoms in total. The fourth-order valence-electron chi connectivity index (χ4n) is 4.05. The van der Waals surface area contributed by atoms with Crippen molar-refractivity contribution in [2.45, 2.75) is 72.1 Å². The summed E-state index contributed by atoms with van der Waals surface area (Å²) >= 11 is 0. The number of ether oxygens (including phenoxy) is 1. The zero-order valence-electron chi connectivity index (χ0n) is 20.3. The molecule has 0 N–H and O–H groups in total. The van der Waals surface area contributed by atoms with Crippen LogP contribution in [0.15, 0.2) is 42.5 Å². The van der Waals surface area contributed by atoms with E-state index in [2.05, 4.69) is 6.92 Å². The van der Waals surface area contributed by atoms with E-state index in [0.29, 0.717) is 6.54 Å². The molecule has 0 unspecified atom stereocenters. The second-order valence-corrected chi connectivity index (χ2v) is 9.95. The first kappa shape index (κ1) is 23.9. The number of hydrogen-bond acceptors (Lipinski definition) is 4. The van der Waals surface area contributed by atoms with Crippen molar-refractivity contribution in [1.29, 1.82) is 0 Å². The number of aromatic nitrogens is 2. The molecule has 34 heavy (non-hydrogen) atoms. The highest BCUT2D eigenvalue weighted by molar-refractivity contribution is 5.98. The lowest BCUT2D eigenvalue weighted by Crippen LogP contribution is -2.31. The fourth-order valence-corrected chi connectivity index (χ4v) is 4.05. The van der Waals surface area contributed by atoms with E-state index >= 15 is 0 Å². The Morgan fingerprint density at radius 1 is 1.15 bits per heavy atom. The molecule has 180 valence electrons. The van der Waals surface area contributed by atoms with Crippen LogP contribution in [0.1, 0.15) is 58.3 Å². The average Bonchev–Trinajstić information content (AvgIpc) is 3.56. The van der Waals surface area contributed by atoms with Crippen LogP contribution in [0.2, 0.25) is 0 Å². The normalized spacial score (nSPS) is 13.8. The monoisotopic (exact) mass is 465 g/mol. The van der Waals surface area contributed by atoms with Crippen LogP contribution in [0.5, 0.6) is 0 Å². The Morgan fingerprint density at radius 2 is 1.85 bits per heavy atom. The molecule has 7 heteroatoms. The highest BCUT2D eigenvalue weighted by Gasteiger charge is 2.34. The van der Waals surface area contributed by atoms with Gasteiger partial charge in [0.15, 0.2) is 0 Å². The van der Waals surface area contributed by atoms with Gasteiger partial charge in [0.1, 0.15) is 23.8 Å². The molecule has 0 saturated heterocycles. The Morgan fingerprint density at radius 3 is 2.47 bits per heavy atom. The number of anilines is 1. The van der Waals surface area contributed by atoms with Gasteiger partial charge in [-0.15, -0.1) is 0 Å². The van der Waals surface area contributed by atoms with Crippen LogP contribution >= 0.6 is 0 Å². The quantitative estimate of drug-likeness (QED) is 0.417. The molecule has 0 spiro atoms. The first-order valence-corrected chi connectivity index (χ1v) is 11.9. The molecular weight excluding hydrogens is 433 g/mol. The minimum Gasteiger partial charge on any atom is -0.459 e. The predicted octanol–water partition coefficient (Wildman–Crippen LogP) is 5.41. The van der Waals surface area contributed by atoms with Crippen LogP contribution in [0, 0.1) is 11.7 Å². The summed E-state index contributed by atoms with van der Waals surface area (Å²) in [6.07, 6.45) is 3.41. The second kappa shape index (κ2) is 9.57. The van der Waals surface area contributed by atoms with Crippen molar-refractivity contribution < 1.29 is 18.7 Å². The molecule has 2 aromatic carbocycles. The summed E-state index contributed by atoms with van der Waals surface area (Å²) in [6.45, 7) is 8.07. The molecular formula is C27H32FN3O3. The van der Waals surface area contributed by atoms with Crippen molar-refractivity contribution in [3.05, 3.63) is 59.7 Å². The molecule has 0 radical (unpaired) electrons. The van der Waals surface area contributed by atoms with Crippen molar-refractivity contribution in [3.8, 4) is 0 Å². The summed E-state index contributed by atoms with van der Waals surface area (Å²) in [5.41, 5.74) is 2.61. The molecule has 1 saturated carbocycles. The van der Waals surface area contributed by atoms with Crippen molar-refractivity contribution in [3.63, 3.8) is 0 Å². The number of nitrogens with zero attached hydrogens (tertiary/aromatic N) is 3. The summed E-state index contributed by atoms with van der Waals surface area (Å²) in [4.78, 5) is 32.2. The van der Waals surface area contributed by atoms with Crippen molar-refractivity contribution in [2.75, 3.05) is 4.90 Å². The summed E-state index contributed by atoms with van der Waals surface area (Å²) in [6, 6.07) is 11.9. The smallest absolute Gasteiger partial charge is 0.326 e. The van der Waals surface area contributed by atoms with E-state index in [1.165, 1.54) is 12.1 Å². The molecule has 1 amide bonds. The molecule has 0 bridgehead atoms. The molecule has 3 aromatic rings. The van der Waals surface area contributed by atoms with Crippen LogP contribution in [0.3, 0.4) is 0 Å². The number of esters is 1. The lowest BCUT2D eigenvalue weighted by atomic mass is 10.1. The number of fused-ring (bicyclic) bond motifs is 1. The number of halogens is 1. The van der Waals surface area contributed by atoms with Gasteiger partial charge in [-0.1, -0.05) is 19.1 Å². The third-order valence-corrected chi connectivity index (χ3v) is 5.75. The van der Waals surface area contributed by atoms with E-state index in [4.69, 9.17) is 9.72 Å². The van der Waals surface area contributed by atoms with Gasteiger partial charge in [0.25, 0.3) is 0 Å². The van der Waals surface area contributed by atoms with Gasteiger partial charge in [0.05, 0.1) is 17.6 Å². The molecule has 1 aromatic heterocycles. The summed E-state index contributed by atoms with van der Waals surface area (Å²) in [7, 11) is 0. The zero-order chi connectivity index (χ0) is 24.5. The molecule has 0 aliphatic heterocycles. The third-order valence-electron chi connectivity index (χ3n) is 5.75. The van der Waals surface area contributed by atoms with Gasteiger partial charge in [-0.3, -0.25) is 9.59 Å². The molecule has 0 atom stereocenters. The van der Waals surface area contributed by atoms with Gasteiger partial charge in [0, 0.05) is 18.0 Å². The van der Waals surface area contributed by atoms with Gasteiger partial charge < -0.3 is 14.2 Å². The maximum atomic E-state index is 13.4. The predicted molar refractivity (Wildman–Crippen MR) is 130 cm³/mol. The molecule has 1 heterocycles. The van der Waals surface area contributed by atoms with Crippen LogP contribution in [0.25, 0.3) is 11.0 Å². The molecule has 1 aliphatic carbocycles. The lowest BCUT2D eigenvalue weighted by Gasteiger charge is -2.23. The minimum atomic E-state index is -0.560. The Bertz CT molecular complexity index is 1190. The van der Waals surface area contributed by atoms with E-state index in [-0.39, 0.29) is 30.2 Å². The van der Waals surface area contributed by atoms with Gasteiger partial charge in [0.2, 0.25) is 5.91 Å². The van der Waals surface area contributed by atoms with Gasteiger partial charge in [-0.25, -0.2) is 9.37 Å². The van der Waals surface area contributed by atoms with Crippen molar-refractivity contribution >= 4 is 28.6 Å². The van der Waals surface area contributed by atoms with Crippen molar-refractivity contribution in [1.82, 2.24) is 9.55 Å². The fraction of sp³-hybridized carbons (Fsp3) is 0.444. The molecule has 1 fully saturated rings. The lowest BCUT2D eigenvalue weighted by molar-refractivity contribution is -0.155. The topological polar surface area (TPSA) is 64.4 Å². The average molecular weight is 466 g/mol. The van der Waals surface area contributed by atoms with E-state index in [1.807, 2.05) is 43.5 Å². The van der Waals surface area contributed by atoms with Crippen LogP contribution in [0.4, 0.5) is 10.1 Å². The first-order chi connectivity index (χ1) is 16.1. The number of carbonyl (C=O) groups excluding carboxylic acids is 2.